The lowest BCUT2D eigenvalue weighted by Crippen LogP contribution is -2.40. The number of aryl methyl sites for hydroxylation is 1. The van der Waals surface area contributed by atoms with Crippen molar-refractivity contribution in [3.05, 3.63) is 35.4 Å². The summed E-state index contributed by atoms with van der Waals surface area (Å²) in [6.45, 7) is 10.0. The molecule has 0 N–H and O–H groups in total. The Hall–Kier alpha value is -0.950. The molecule has 2 atom stereocenters. The molecule has 26 heavy (non-hydrogen) atoms. The molecule has 148 valence electrons. The van der Waals surface area contributed by atoms with Gasteiger partial charge in [-0.15, -0.1) is 0 Å². The highest BCUT2D eigenvalue weighted by Gasteiger charge is 2.36. The summed E-state index contributed by atoms with van der Waals surface area (Å²) in [5, 5.41) is 0.605. The zero-order chi connectivity index (χ0) is 19.4. The first-order valence-corrected chi connectivity index (χ1v) is 10.1. The number of hydrogen-bond acceptors (Lipinski definition) is 5. The first-order chi connectivity index (χ1) is 12.4. The second kappa shape index (κ2) is 12.4. The third-order valence-corrected chi connectivity index (χ3v) is 4.18. The topological polar surface area (TPSA) is 54.0 Å². The van der Waals surface area contributed by atoms with Gasteiger partial charge in [0.25, 0.3) is 0 Å². The van der Waals surface area contributed by atoms with Gasteiger partial charge in [0.2, 0.25) is 0 Å². The monoisotopic (exact) mass is 430 g/mol. The smallest absolute Gasteiger partial charge is 0.316 e. The number of hydrogen-bond donors (Lipinski definition) is 0. The Bertz CT molecular complexity index is 519. The maximum atomic E-state index is 12.3. The van der Waals surface area contributed by atoms with Crippen molar-refractivity contribution in [2.75, 3.05) is 38.4 Å². The van der Waals surface area contributed by atoms with Crippen molar-refractivity contribution in [2.24, 2.45) is 5.41 Å². The molecule has 0 aliphatic rings. The van der Waals surface area contributed by atoms with Gasteiger partial charge < -0.3 is 18.9 Å². The van der Waals surface area contributed by atoms with Crippen LogP contribution in [0.3, 0.4) is 0 Å². The zero-order valence-corrected chi connectivity index (χ0v) is 17.8. The van der Waals surface area contributed by atoms with Gasteiger partial charge in [-0.05, 0) is 33.3 Å². The molecule has 1 rings (SSSR count). The molecular formula is C20H31BrO5. The van der Waals surface area contributed by atoms with Crippen molar-refractivity contribution in [1.29, 1.82) is 0 Å². The highest BCUT2D eigenvalue weighted by Crippen LogP contribution is 2.20. The van der Waals surface area contributed by atoms with E-state index >= 15 is 0 Å². The molecular weight excluding hydrogens is 400 g/mol. The minimum atomic E-state index is -0.825. The van der Waals surface area contributed by atoms with Crippen LogP contribution >= 0.6 is 15.9 Å². The van der Waals surface area contributed by atoms with Crippen molar-refractivity contribution >= 4 is 21.9 Å². The van der Waals surface area contributed by atoms with E-state index in [4.69, 9.17) is 18.9 Å². The third kappa shape index (κ3) is 8.62. The molecule has 1 aromatic rings. The predicted octanol–water partition coefficient (Wildman–Crippen LogP) is 3.90. The van der Waals surface area contributed by atoms with Crippen LogP contribution in [0.15, 0.2) is 24.3 Å². The van der Waals surface area contributed by atoms with E-state index in [1.54, 1.807) is 6.92 Å². The highest BCUT2D eigenvalue weighted by molar-refractivity contribution is 9.09. The lowest BCUT2D eigenvalue weighted by atomic mass is 9.93. The molecule has 1 aromatic carbocycles. The van der Waals surface area contributed by atoms with E-state index in [9.17, 15) is 4.79 Å². The van der Waals surface area contributed by atoms with E-state index < -0.39 is 5.41 Å². The van der Waals surface area contributed by atoms with E-state index in [0.717, 1.165) is 5.56 Å². The summed E-state index contributed by atoms with van der Waals surface area (Å²) in [6.07, 6.45) is -0.0776. The molecule has 0 saturated heterocycles. The lowest BCUT2D eigenvalue weighted by Gasteiger charge is -2.27. The number of halogens is 1. The second-order valence-corrected chi connectivity index (χ2v) is 7.44. The molecule has 6 heteroatoms. The largest absolute Gasteiger partial charge is 0.464 e. The van der Waals surface area contributed by atoms with Crippen LogP contribution in [0.5, 0.6) is 0 Å². The van der Waals surface area contributed by atoms with Crippen molar-refractivity contribution in [1.82, 2.24) is 0 Å². The normalized spacial score (nSPS) is 14.7. The standard InChI is InChI=1S/C20H31BrO5/c1-5-23-14-20(4,19(22)25-11-10-21)15-24-12-17(3)26-13-18-8-6-16(2)7-9-18/h6-9,17H,5,10-15H2,1-4H3. The molecule has 0 amide bonds. The Balaban J connectivity index is 2.41. The van der Waals surface area contributed by atoms with Crippen LogP contribution in [0, 0.1) is 12.3 Å². The van der Waals surface area contributed by atoms with Crippen molar-refractivity contribution in [2.45, 2.75) is 40.4 Å². The van der Waals surface area contributed by atoms with Crippen LogP contribution in [0.1, 0.15) is 31.9 Å². The van der Waals surface area contributed by atoms with E-state index in [1.807, 2.05) is 13.8 Å². The fourth-order valence-electron chi connectivity index (χ4n) is 2.21. The molecule has 0 aromatic heterocycles. The summed E-state index contributed by atoms with van der Waals surface area (Å²) in [6, 6.07) is 8.25. The van der Waals surface area contributed by atoms with Gasteiger partial charge in [-0.3, -0.25) is 4.79 Å². The van der Waals surface area contributed by atoms with E-state index in [0.29, 0.717) is 31.8 Å². The average molecular weight is 431 g/mol. The van der Waals surface area contributed by atoms with Gasteiger partial charge in [-0.1, -0.05) is 45.8 Å². The van der Waals surface area contributed by atoms with Crippen LogP contribution < -0.4 is 0 Å². The Morgan fingerprint density at radius 3 is 2.46 bits per heavy atom. The number of carbonyl (C=O) groups excluding carboxylic acids is 1. The molecule has 0 aliphatic carbocycles. The highest BCUT2D eigenvalue weighted by atomic mass is 79.9. The van der Waals surface area contributed by atoms with Crippen molar-refractivity contribution < 1.29 is 23.7 Å². The summed E-state index contributed by atoms with van der Waals surface area (Å²) in [7, 11) is 0. The summed E-state index contributed by atoms with van der Waals surface area (Å²) in [5.41, 5.74) is 1.53. The third-order valence-electron chi connectivity index (χ3n) is 3.86. The molecule has 0 heterocycles. The Labute approximate surface area is 165 Å². The van der Waals surface area contributed by atoms with Crippen LogP contribution in [0.2, 0.25) is 0 Å². The van der Waals surface area contributed by atoms with E-state index in [-0.39, 0.29) is 25.3 Å². The molecule has 0 saturated carbocycles. The summed E-state index contributed by atoms with van der Waals surface area (Å²) in [5.74, 6) is -0.307. The predicted molar refractivity (Wildman–Crippen MR) is 106 cm³/mol. The van der Waals surface area contributed by atoms with Crippen molar-refractivity contribution in [3.8, 4) is 0 Å². The SMILES string of the molecule is CCOCC(C)(COCC(C)OCc1ccc(C)cc1)C(=O)OCCBr. The van der Waals surface area contributed by atoms with Crippen LogP contribution in [-0.4, -0.2) is 50.4 Å². The Morgan fingerprint density at radius 1 is 1.19 bits per heavy atom. The average Bonchev–Trinajstić information content (AvgIpc) is 2.64. The second-order valence-electron chi connectivity index (χ2n) is 6.65. The first kappa shape index (κ1) is 23.1. The molecule has 0 spiro atoms. The molecule has 0 radical (unpaired) electrons. The lowest BCUT2D eigenvalue weighted by molar-refractivity contribution is -0.163. The van der Waals surface area contributed by atoms with Gasteiger partial charge in [-0.25, -0.2) is 0 Å². The van der Waals surface area contributed by atoms with Gasteiger partial charge in [-0.2, -0.15) is 0 Å². The number of carbonyl (C=O) groups is 1. The summed E-state index contributed by atoms with van der Waals surface area (Å²) >= 11 is 3.25. The van der Waals surface area contributed by atoms with Gasteiger partial charge in [0.05, 0.1) is 32.5 Å². The number of alkyl halides is 1. The van der Waals surface area contributed by atoms with Gasteiger partial charge in [0.1, 0.15) is 12.0 Å². The van der Waals surface area contributed by atoms with Crippen LogP contribution in [0.4, 0.5) is 0 Å². The maximum Gasteiger partial charge on any atom is 0.316 e. The molecule has 0 bridgehead atoms. The number of esters is 1. The quantitative estimate of drug-likeness (QED) is 0.350. The van der Waals surface area contributed by atoms with E-state index in [1.165, 1.54) is 5.56 Å². The van der Waals surface area contributed by atoms with Crippen LogP contribution in [-0.2, 0) is 30.3 Å². The van der Waals surface area contributed by atoms with E-state index in [2.05, 4.69) is 47.1 Å². The van der Waals surface area contributed by atoms with Gasteiger partial charge >= 0.3 is 5.97 Å². The first-order valence-electron chi connectivity index (χ1n) is 8.97. The van der Waals surface area contributed by atoms with Crippen LogP contribution in [0.25, 0.3) is 0 Å². The number of ether oxygens (including phenoxy) is 4. The maximum absolute atomic E-state index is 12.3. The minimum absolute atomic E-state index is 0.0776. The fourth-order valence-corrected chi connectivity index (χ4v) is 2.38. The molecule has 0 aliphatic heterocycles. The Morgan fingerprint density at radius 2 is 1.85 bits per heavy atom. The number of benzene rings is 1. The summed E-state index contributed by atoms with van der Waals surface area (Å²) in [4.78, 5) is 12.3. The van der Waals surface area contributed by atoms with Gasteiger partial charge in [0.15, 0.2) is 0 Å². The minimum Gasteiger partial charge on any atom is -0.464 e. The summed E-state index contributed by atoms with van der Waals surface area (Å²) < 4.78 is 22.3. The zero-order valence-electron chi connectivity index (χ0n) is 16.3. The fraction of sp³-hybridized carbons (Fsp3) is 0.650. The van der Waals surface area contributed by atoms with Crippen molar-refractivity contribution in [3.63, 3.8) is 0 Å². The Kier molecular flexibility index (Phi) is 11.0. The molecule has 5 nitrogen and oxygen atoms in total. The molecule has 2 unspecified atom stereocenters. The molecule has 0 fully saturated rings. The van der Waals surface area contributed by atoms with Gasteiger partial charge in [0, 0.05) is 11.9 Å². The number of rotatable bonds is 13.